The maximum atomic E-state index is 12.1. The molecule has 2 aromatic heterocycles. The van der Waals surface area contributed by atoms with E-state index in [0.29, 0.717) is 17.6 Å². The van der Waals surface area contributed by atoms with Crippen LogP contribution < -0.4 is 0 Å². The van der Waals surface area contributed by atoms with Crippen molar-refractivity contribution in [3.8, 4) is 0 Å². The predicted molar refractivity (Wildman–Crippen MR) is 102 cm³/mol. The number of nitrogens with zero attached hydrogens (tertiary/aromatic N) is 4. The summed E-state index contributed by atoms with van der Waals surface area (Å²) >= 11 is 6.00. The van der Waals surface area contributed by atoms with Crippen molar-refractivity contribution in [1.29, 1.82) is 0 Å². The Labute approximate surface area is 171 Å². The third kappa shape index (κ3) is 4.33. The van der Waals surface area contributed by atoms with E-state index in [4.69, 9.17) is 20.9 Å². The van der Waals surface area contributed by atoms with E-state index in [1.54, 1.807) is 13.8 Å². The number of rotatable bonds is 7. The molecule has 1 aliphatic heterocycles. The fraction of sp³-hybridized carbons (Fsp3) is 0.688. The van der Waals surface area contributed by atoms with E-state index in [0.717, 1.165) is 6.92 Å². The monoisotopic (exact) mass is 450 g/mol. The molecular formula is C16H24ClN4O7P. The summed E-state index contributed by atoms with van der Waals surface area (Å²) in [5.41, 5.74) is -0.544. The molecule has 7 atom stereocenters. The first kappa shape index (κ1) is 22.5. The Balaban J connectivity index is 1.83. The highest BCUT2D eigenvalue weighted by Gasteiger charge is 2.48. The number of imidazole rings is 1. The summed E-state index contributed by atoms with van der Waals surface area (Å²) in [6.45, 7) is 4.47. The quantitative estimate of drug-likeness (QED) is 0.356. The fourth-order valence-corrected chi connectivity index (χ4v) is 4.37. The first-order valence-corrected chi connectivity index (χ1v) is 11.1. The van der Waals surface area contributed by atoms with Gasteiger partial charge in [0.15, 0.2) is 22.9 Å². The minimum atomic E-state index is -4.29. The average molecular weight is 451 g/mol. The van der Waals surface area contributed by atoms with E-state index in [1.807, 2.05) is 0 Å². The lowest BCUT2D eigenvalue weighted by molar-refractivity contribution is -0.0665. The molecule has 0 aliphatic carbocycles. The van der Waals surface area contributed by atoms with Crippen LogP contribution in [0.5, 0.6) is 0 Å². The van der Waals surface area contributed by atoms with E-state index in [-0.39, 0.29) is 11.6 Å². The first-order valence-electron chi connectivity index (χ1n) is 9.05. The summed E-state index contributed by atoms with van der Waals surface area (Å²) in [6, 6.07) is 0. The molecule has 3 heterocycles. The van der Waals surface area contributed by atoms with Crippen LogP contribution in [0.3, 0.4) is 0 Å². The van der Waals surface area contributed by atoms with Crippen molar-refractivity contribution in [2.75, 3.05) is 0 Å². The Morgan fingerprint density at radius 1 is 1.38 bits per heavy atom. The van der Waals surface area contributed by atoms with Crippen LogP contribution in [-0.4, -0.2) is 69.5 Å². The van der Waals surface area contributed by atoms with Crippen LogP contribution in [0.25, 0.3) is 11.2 Å². The number of aliphatic hydroxyl groups excluding tert-OH is 3. The van der Waals surface area contributed by atoms with E-state index in [1.165, 1.54) is 17.2 Å². The Kier molecular flexibility index (Phi) is 6.34. The second-order valence-electron chi connectivity index (χ2n) is 7.33. The predicted octanol–water partition coefficient (Wildman–Crippen LogP) is 1.20. The number of hydrogen-bond donors (Lipinski definition) is 4. The average Bonchev–Trinajstić information content (AvgIpc) is 3.19. The van der Waals surface area contributed by atoms with Gasteiger partial charge in [-0.05, 0) is 20.3 Å². The van der Waals surface area contributed by atoms with E-state index in [2.05, 4.69) is 15.0 Å². The lowest BCUT2D eigenvalue weighted by Crippen LogP contribution is -2.38. The summed E-state index contributed by atoms with van der Waals surface area (Å²) in [4.78, 5) is 21.9. The van der Waals surface area contributed by atoms with Crippen LogP contribution in [0.15, 0.2) is 12.7 Å². The molecule has 0 spiro atoms. The van der Waals surface area contributed by atoms with Gasteiger partial charge in [0.2, 0.25) is 0 Å². The summed E-state index contributed by atoms with van der Waals surface area (Å²) in [5.74, 6) is -1.57. The second kappa shape index (κ2) is 8.16. The maximum Gasteiger partial charge on any atom is 0.356 e. The van der Waals surface area contributed by atoms with Gasteiger partial charge in [0.25, 0.3) is 0 Å². The molecule has 1 fully saturated rings. The smallest absolute Gasteiger partial charge is 0.356 e. The van der Waals surface area contributed by atoms with Gasteiger partial charge in [-0.15, -0.1) is 0 Å². The molecule has 162 valence electrons. The van der Waals surface area contributed by atoms with Crippen LogP contribution in [-0.2, 0) is 13.8 Å². The normalized spacial score (nSPS) is 30.2. The van der Waals surface area contributed by atoms with Gasteiger partial charge in [-0.1, -0.05) is 18.5 Å². The summed E-state index contributed by atoms with van der Waals surface area (Å²) < 4.78 is 24.7. The third-order valence-corrected chi connectivity index (χ3v) is 7.05. The van der Waals surface area contributed by atoms with Gasteiger partial charge in [-0.25, -0.2) is 15.0 Å². The van der Waals surface area contributed by atoms with Crippen LogP contribution in [0.1, 0.15) is 39.8 Å². The zero-order valence-corrected chi connectivity index (χ0v) is 17.7. The topological polar surface area (TPSA) is 160 Å². The molecule has 1 aliphatic rings. The number of aliphatic hydroxyl groups is 3. The zero-order valence-electron chi connectivity index (χ0n) is 16.1. The molecular weight excluding hydrogens is 427 g/mol. The van der Waals surface area contributed by atoms with Crippen molar-refractivity contribution >= 4 is 30.4 Å². The van der Waals surface area contributed by atoms with Gasteiger partial charge in [0.05, 0.1) is 18.0 Å². The van der Waals surface area contributed by atoms with Crippen LogP contribution in [0.4, 0.5) is 0 Å². The molecule has 13 heteroatoms. The van der Waals surface area contributed by atoms with Crippen molar-refractivity contribution in [3.63, 3.8) is 0 Å². The summed E-state index contributed by atoms with van der Waals surface area (Å²) in [5, 5.41) is 30.7. The second-order valence-corrected chi connectivity index (χ2v) is 9.75. The summed E-state index contributed by atoms with van der Waals surface area (Å²) in [7, 11) is -4.29. The third-order valence-electron chi connectivity index (χ3n) is 5.13. The van der Waals surface area contributed by atoms with Gasteiger partial charge >= 0.3 is 7.60 Å². The largest absolute Gasteiger partial charge is 0.388 e. The molecule has 4 N–H and O–H groups in total. The standard InChI is InChI=1S/C16H24ClN4O7P/c1-4-16(3,28-29(25,26)8(2)22)5-9-11(23)12(24)15(27-9)21-7-20-10-13(17)18-6-19-14(10)21/h6-9,11-12,15,22-24H,4-5H2,1-3H3,(H,25,26)/t8?,9-,11-,12-,15-,16?/m1/s1. The van der Waals surface area contributed by atoms with Crippen LogP contribution in [0.2, 0.25) is 5.15 Å². The molecule has 0 saturated carbocycles. The molecule has 3 unspecified atom stereocenters. The molecule has 11 nitrogen and oxygen atoms in total. The Morgan fingerprint density at radius 3 is 2.69 bits per heavy atom. The van der Waals surface area contributed by atoms with Crippen molar-refractivity contribution < 1.29 is 34.0 Å². The minimum absolute atomic E-state index is 0.00212. The summed E-state index contributed by atoms with van der Waals surface area (Å²) in [6.07, 6.45) is -1.62. The molecule has 0 aromatic carbocycles. The Bertz CT molecular complexity index is 928. The van der Waals surface area contributed by atoms with Gasteiger partial charge < -0.3 is 29.5 Å². The number of fused-ring (bicyclic) bond motifs is 1. The number of halogens is 1. The van der Waals surface area contributed by atoms with Crippen LogP contribution >= 0.6 is 19.2 Å². The Morgan fingerprint density at radius 2 is 2.07 bits per heavy atom. The van der Waals surface area contributed by atoms with Crippen molar-refractivity contribution in [2.45, 2.75) is 69.6 Å². The molecule has 2 aromatic rings. The number of hydrogen-bond acceptors (Lipinski definition) is 9. The number of ether oxygens (including phenoxy) is 1. The van der Waals surface area contributed by atoms with Gasteiger partial charge in [-0.2, -0.15) is 0 Å². The number of aromatic nitrogens is 4. The lowest BCUT2D eigenvalue weighted by Gasteiger charge is -2.34. The fourth-order valence-electron chi connectivity index (χ4n) is 3.20. The van der Waals surface area contributed by atoms with Crippen molar-refractivity contribution in [3.05, 3.63) is 17.8 Å². The minimum Gasteiger partial charge on any atom is -0.388 e. The highest BCUT2D eigenvalue weighted by molar-refractivity contribution is 7.53. The molecule has 0 amide bonds. The highest BCUT2D eigenvalue weighted by Crippen LogP contribution is 2.52. The van der Waals surface area contributed by atoms with Crippen molar-refractivity contribution in [2.24, 2.45) is 0 Å². The molecule has 0 bridgehead atoms. The molecule has 1 saturated heterocycles. The lowest BCUT2D eigenvalue weighted by atomic mass is 9.93. The maximum absolute atomic E-state index is 12.1. The van der Waals surface area contributed by atoms with Gasteiger partial charge in [0.1, 0.15) is 24.1 Å². The first-order chi connectivity index (χ1) is 13.5. The zero-order chi connectivity index (χ0) is 21.6. The SMILES string of the molecule is CCC(C)(C[C@H]1O[C@@H](n2cnc3c(Cl)ncnc32)[C@H](O)[C@@H]1O)OP(=O)(O)C(C)O. The van der Waals surface area contributed by atoms with Gasteiger partial charge in [-0.3, -0.25) is 9.13 Å². The van der Waals surface area contributed by atoms with E-state index >= 15 is 0 Å². The highest BCUT2D eigenvalue weighted by atomic mass is 35.5. The van der Waals surface area contributed by atoms with Crippen molar-refractivity contribution in [1.82, 2.24) is 19.5 Å². The molecule has 29 heavy (non-hydrogen) atoms. The van der Waals surface area contributed by atoms with Crippen LogP contribution in [0, 0.1) is 0 Å². The van der Waals surface area contributed by atoms with E-state index < -0.39 is 43.6 Å². The Hall–Kier alpha value is -1.17. The molecule has 3 rings (SSSR count). The van der Waals surface area contributed by atoms with Gasteiger partial charge in [0, 0.05) is 6.42 Å². The van der Waals surface area contributed by atoms with E-state index in [9.17, 15) is 24.8 Å². The molecule has 0 radical (unpaired) electrons.